The molecular weight excluding hydrogens is 509 g/mol. The zero-order valence-corrected chi connectivity index (χ0v) is 23.2. The summed E-state index contributed by atoms with van der Waals surface area (Å²) in [5, 5.41) is 5.77. The van der Waals surface area contributed by atoms with E-state index < -0.39 is 11.7 Å². The minimum Gasteiger partial charge on any atom is -0.369 e. The number of amides is 4. The highest BCUT2D eigenvalue weighted by Crippen LogP contribution is 2.28. The summed E-state index contributed by atoms with van der Waals surface area (Å²) in [5.41, 5.74) is 3.69. The largest absolute Gasteiger partial charge is 0.369 e. The molecule has 0 radical (unpaired) electrons. The lowest BCUT2D eigenvalue weighted by atomic mass is 10.1. The Hall–Kier alpha value is -4.40. The number of carbonyl (C=O) groups excluding carboxylic acids is 3. The first-order valence-corrected chi connectivity index (χ1v) is 13.7. The highest BCUT2D eigenvalue weighted by atomic mass is 19.1. The molecule has 2 N–H and O–H groups in total. The van der Waals surface area contributed by atoms with Crippen molar-refractivity contribution in [2.24, 2.45) is 0 Å². The van der Waals surface area contributed by atoms with Gasteiger partial charge < -0.3 is 25.3 Å². The van der Waals surface area contributed by atoms with Gasteiger partial charge in [0.1, 0.15) is 5.82 Å². The van der Waals surface area contributed by atoms with Crippen molar-refractivity contribution in [1.82, 2.24) is 9.80 Å². The molecule has 4 rings (SSSR count). The number of carbonyl (C=O) groups is 3. The molecule has 1 aliphatic rings. The van der Waals surface area contributed by atoms with E-state index in [-0.39, 0.29) is 17.5 Å². The molecule has 3 aromatic rings. The van der Waals surface area contributed by atoms with Crippen LogP contribution >= 0.6 is 0 Å². The third-order valence-electron chi connectivity index (χ3n) is 7.02. The molecule has 0 unspecified atom stereocenters. The molecule has 8 nitrogen and oxygen atoms in total. The summed E-state index contributed by atoms with van der Waals surface area (Å²) in [6, 6.07) is 18.3. The van der Waals surface area contributed by atoms with E-state index >= 15 is 0 Å². The van der Waals surface area contributed by atoms with Crippen LogP contribution in [0.3, 0.4) is 0 Å². The van der Waals surface area contributed by atoms with Gasteiger partial charge in [0.05, 0.1) is 5.56 Å². The first-order chi connectivity index (χ1) is 19.3. The lowest BCUT2D eigenvalue weighted by Gasteiger charge is -2.28. The van der Waals surface area contributed by atoms with Crippen molar-refractivity contribution < 1.29 is 18.8 Å². The van der Waals surface area contributed by atoms with Gasteiger partial charge in [0.2, 0.25) is 0 Å². The fourth-order valence-corrected chi connectivity index (χ4v) is 4.86. The Labute approximate surface area is 234 Å². The van der Waals surface area contributed by atoms with E-state index in [2.05, 4.69) is 15.5 Å². The number of urea groups is 1. The maximum atomic E-state index is 13.6. The van der Waals surface area contributed by atoms with Gasteiger partial charge in [0, 0.05) is 61.9 Å². The standard InChI is InChI=1S/C31H36FN5O3/c1-4-35(5-2)30(39)27-21-26(33-29(38)23-10-7-11-24(32)20-23)13-14-28(27)36-15-8-16-37(18-17-36)31(40)34-25-12-6-9-22(3)19-25/h6-7,9-14,19-21H,4-5,8,15-18H2,1-3H3,(H,33,38)(H,34,40). The van der Waals surface area contributed by atoms with Crippen molar-refractivity contribution in [1.29, 1.82) is 0 Å². The smallest absolute Gasteiger partial charge is 0.321 e. The number of hydrogen-bond acceptors (Lipinski definition) is 4. The maximum Gasteiger partial charge on any atom is 0.321 e. The zero-order chi connectivity index (χ0) is 28.6. The second-order valence-electron chi connectivity index (χ2n) is 9.80. The van der Waals surface area contributed by atoms with E-state index in [9.17, 15) is 18.8 Å². The molecule has 1 fully saturated rings. The maximum absolute atomic E-state index is 13.6. The average Bonchev–Trinajstić information content (AvgIpc) is 3.20. The zero-order valence-electron chi connectivity index (χ0n) is 23.2. The molecule has 210 valence electrons. The van der Waals surface area contributed by atoms with Crippen molar-refractivity contribution in [3.8, 4) is 0 Å². The number of nitrogens with one attached hydrogen (secondary N) is 2. The molecule has 0 spiro atoms. The quantitative estimate of drug-likeness (QED) is 0.404. The van der Waals surface area contributed by atoms with Crippen LogP contribution in [-0.2, 0) is 0 Å². The summed E-state index contributed by atoms with van der Waals surface area (Å²) in [6.45, 7) is 9.22. The number of nitrogens with zero attached hydrogens (tertiary/aromatic N) is 3. The Morgan fingerprint density at radius 1 is 0.850 bits per heavy atom. The van der Waals surface area contributed by atoms with Crippen molar-refractivity contribution in [3.63, 3.8) is 0 Å². The fourth-order valence-electron chi connectivity index (χ4n) is 4.86. The lowest BCUT2D eigenvalue weighted by molar-refractivity contribution is 0.0773. The van der Waals surface area contributed by atoms with Crippen molar-refractivity contribution in [2.75, 3.05) is 54.8 Å². The first kappa shape index (κ1) is 28.6. The van der Waals surface area contributed by atoms with Crippen LogP contribution in [-0.4, -0.2) is 66.9 Å². The minimum atomic E-state index is -0.497. The number of aryl methyl sites for hydroxylation is 1. The molecule has 1 saturated heterocycles. The predicted molar refractivity (Wildman–Crippen MR) is 157 cm³/mol. The molecule has 0 bridgehead atoms. The Morgan fingerprint density at radius 2 is 1.60 bits per heavy atom. The second kappa shape index (κ2) is 13.1. The van der Waals surface area contributed by atoms with Crippen molar-refractivity contribution in [2.45, 2.75) is 27.2 Å². The van der Waals surface area contributed by atoms with Gasteiger partial charge in [0.15, 0.2) is 0 Å². The average molecular weight is 546 g/mol. The van der Waals surface area contributed by atoms with Crippen molar-refractivity contribution >= 4 is 34.9 Å². The van der Waals surface area contributed by atoms with Crippen LogP contribution in [0.25, 0.3) is 0 Å². The van der Waals surface area contributed by atoms with Gasteiger partial charge >= 0.3 is 6.03 Å². The molecule has 0 aromatic heterocycles. The van der Waals surface area contributed by atoms with E-state index in [0.29, 0.717) is 50.5 Å². The van der Waals surface area contributed by atoms with E-state index in [1.165, 1.54) is 24.3 Å². The van der Waals surface area contributed by atoms with Crippen molar-refractivity contribution in [3.05, 3.63) is 89.2 Å². The Morgan fingerprint density at radius 3 is 2.33 bits per heavy atom. The molecule has 0 saturated carbocycles. The predicted octanol–water partition coefficient (Wildman–Crippen LogP) is 5.61. The molecule has 40 heavy (non-hydrogen) atoms. The first-order valence-electron chi connectivity index (χ1n) is 13.7. The summed E-state index contributed by atoms with van der Waals surface area (Å²) in [4.78, 5) is 44.9. The van der Waals surface area contributed by atoms with E-state index in [4.69, 9.17) is 0 Å². The van der Waals surface area contributed by atoms with E-state index in [0.717, 1.165) is 23.4 Å². The number of rotatable bonds is 7. The normalized spacial score (nSPS) is 13.4. The second-order valence-corrected chi connectivity index (χ2v) is 9.80. The highest BCUT2D eigenvalue weighted by Gasteiger charge is 2.25. The van der Waals surface area contributed by atoms with E-state index in [1.807, 2.05) is 51.1 Å². The third kappa shape index (κ3) is 6.97. The van der Waals surface area contributed by atoms with Crippen LogP contribution in [0, 0.1) is 12.7 Å². The monoisotopic (exact) mass is 545 g/mol. The summed E-state index contributed by atoms with van der Waals surface area (Å²) >= 11 is 0. The van der Waals surface area contributed by atoms with Crippen LogP contribution in [0.15, 0.2) is 66.7 Å². The molecule has 0 aliphatic carbocycles. The molecule has 1 aliphatic heterocycles. The van der Waals surface area contributed by atoms with Crippen LogP contribution < -0.4 is 15.5 Å². The van der Waals surface area contributed by atoms with Gasteiger partial charge in [-0.2, -0.15) is 0 Å². The molecule has 1 heterocycles. The summed E-state index contributed by atoms with van der Waals surface area (Å²) in [5.74, 6) is -1.10. The summed E-state index contributed by atoms with van der Waals surface area (Å²) < 4.78 is 13.6. The van der Waals surface area contributed by atoms with Crippen LogP contribution in [0.2, 0.25) is 0 Å². The summed E-state index contributed by atoms with van der Waals surface area (Å²) in [7, 11) is 0. The van der Waals surface area contributed by atoms with Crippen LogP contribution in [0.1, 0.15) is 46.5 Å². The van der Waals surface area contributed by atoms with Gasteiger partial charge in [-0.15, -0.1) is 0 Å². The minimum absolute atomic E-state index is 0.139. The number of halogens is 1. The highest BCUT2D eigenvalue weighted by molar-refractivity contribution is 6.06. The van der Waals surface area contributed by atoms with Gasteiger partial charge in [-0.25, -0.2) is 9.18 Å². The van der Waals surface area contributed by atoms with E-state index in [1.54, 1.807) is 21.9 Å². The molecule has 4 amide bonds. The van der Waals surface area contributed by atoms with Gasteiger partial charge in [0.25, 0.3) is 11.8 Å². The lowest BCUT2D eigenvalue weighted by Crippen LogP contribution is -2.38. The molecular formula is C31H36FN5O3. The Kier molecular flexibility index (Phi) is 9.37. The number of anilines is 3. The van der Waals surface area contributed by atoms with Gasteiger partial charge in [-0.3, -0.25) is 9.59 Å². The topological polar surface area (TPSA) is 85.0 Å². The van der Waals surface area contributed by atoms with Gasteiger partial charge in [-0.05, 0) is 81.3 Å². The Balaban J connectivity index is 1.54. The third-order valence-corrected chi connectivity index (χ3v) is 7.02. The molecule has 9 heteroatoms. The molecule has 0 atom stereocenters. The SMILES string of the molecule is CCN(CC)C(=O)c1cc(NC(=O)c2cccc(F)c2)ccc1N1CCCN(C(=O)Nc2cccc(C)c2)CC1. The Bertz CT molecular complexity index is 1370. The fraction of sp³-hybridized carbons (Fsp3) is 0.323. The number of benzene rings is 3. The van der Waals surface area contributed by atoms with Gasteiger partial charge in [-0.1, -0.05) is 18.2 Å². The van der Waals surface area contributed by atoms with Crippen LogP contribution in [0.5, 0.6) is 0 Å². The van der Waals surface area contributed by atoms with Crippen LogP contribution in [0.4, 0.5) is 26.2 Å². The molecule has 3 aromatic carbocycles. The number of hydrogen-bond donors (Lipinski definition) is 2. The summed E-state index contributed by atoms with van der Waals surface area (Å²) in [6.07, 6.45) is 0.734.